The average Bonchev–Trinajstić information content (AvgIpc) is 2.98. The molecule has 0 atom stereocenters. The van der Waals surface area contributed by atoms with E-state index in [0.717, 1.165) is 4.68 Å². The normalized spacial score (nSPS) is 12.2. The molecular weight excluding hydrogens is 403 g/mol. The van der Waals surface area contributed by atoms with E-state index in [1.54, 1.807) is 25.1 Å². The molecule has 0 aliphatic heterocycles. The van der Waals surface area contributed by atoms with E-state index >= 15 is 0 Å². The van der Waals surface area contributed by atoms with Crippen LogP contribution >= 0.6 is 11.6 Å². The first-order valence-corrected chi connectivity index (χ1v) is 9.44. The van der Waals surface area contributed by atoms with Gasteiger partial charge in [0.05, 0.1) is 11.1 Å². The smallest absolute Gasteiger partial charge is 0.233 e. The Labute approximate surface area is 158 Å². The Morgan fingerprint density at radius 1 is 1.11 bits per heavy atom. The molecule has 142 valence electrons. The fourth-order valence-corrected chi connectivity index (χ4v) is 3.75. The summed E-state index contributed by atoms with van der Waals surface area (Å²) in [6.07, 6.45) is -4.15. The van der Waals surface area contributed by atoms with Crippen LogP contribution in [-0.2, 0) is 16.2 Å². The number of hydrogen-bond acceptors (Lipinski definition) is 3. The van der Waals surface area contributed by atoms with E-state index in [9.17, 15) is 21.6 Å². The topological polar surface area (TPSA) is 64.0 Å². The zero-order valence-corrected chi connectivity index (χ0v) is 15.4. The third-order valence-electron chi connectivity index (χ3n) is 3.57. The van der Waals surface area contributed by atoms with Crippen molar-refractivity contribution in [3.8, 4) is 11.4 Å². The molecule has 0 fully saturated rings. The van der Waals surface area contributed by atoms with Crippen LogP contribution in [0.1, 0.15) is 11.3 Å². The molecule has 0 radical (unpaired) electrons. The highest BCUT2D eigenvalue weighted by Gasteiger charge is 2.35. The lowest BCUT2D eigenvalue weighted by Crippen LogP contribution is -2.23. The third-order valence-corrected chi connectivity index (χ3v) is 5.12. The van der Waals surface area contributed by atoms with Crippen molar-refractivity contribution in [2.75, 3.05) is 4.83 Å². The predicted octanol–water partition coefficient (Wildman–Crippen LogP) is 4.46. The van der Waals surface area contributed by atoms with E-state index in [1.165, 1.54) is 30.3 Å². The molecule has 0 aliphatic rings. The maximum atomic E-state index is 13.1. The van der Waals surface area contributed by atoms with Crippen LogP contribution < -0.4 is 4.83 Å². The van der Waals surface area contributed by atoms with Crippen molar-refractivity contribution in [3.05, 3.63) is 71.0 Å². The fraction of sp³-hybridized carbons (Fsp3) is 0.118. The van der Waals surface area contributed by atoms with Crippen LogP contribution in [0.25, 0.3) is 11.4 Å². The Balaban J connectivity index is 2.13. The SMILES string of the molecule is Cc1cc(Cl)cc(-c2nc(C(F)(F)F)cn2NS(=O)(=O)c2ccccc2)c1. The number of alkyl halides is 3. The first-order chi connectivity index (χ1) is 12.6. The van der Waals surface area contributed by atoms with Gasteiger partial charge in [0.25, 0.3) is 10.0 Å². The van der Waals surface area contributed by atoms with E-state index < -0.39 is 21.9 Å². The maximum absolute atomic E-state index is 13.1. The quantitative estimate of drug-likeness (QED) is 0.684. The molecule has 2 aromatic carbocycles. The average molecular weight is 416 g/mol. The molecule has 0 saturated heterocycles. The van der Waals surface area contributed by atoms with Gasteiger partial charge in [-0.2, -0.15) is 21.6 Å². The maximum Gasteiger partial charge on any atom is 0.434 e. The molecule has 0 aliphatic carbocycles. The van der Waals surface area contributed by atoms with Crippen molar-refractivity contribution >= 4 is 21.6 Å². The highest BCUT2D eigenvalue weighted by Crippen LogP contribution is 2.32. The Morgan fingerprint density at radius 3 is 2.37 bits per heavy atom. The summed E-state index contributed by atoms with van der Waals surface area (Å²) in [5.74, 6) is -0.229. The number of rotatable bonds is 4. The molecule has 1 heterocycles. The highest BCUT2D eigenvalue weighted by molar-refractivity contribution is 7.92. The number of aromatic nitrogens is 2. The molecule has 0 unspecified atom stereocenters. The van der Waals surface area contributed by atoms with E-state index in [4.69, 9.17) is 11.6 Å². The number of benzene rings is 2. The standard InChI is InChI=1S/C17H13ClF3N3O2S/c1-11-7-12(9-13(18)8-11)16-22-15(17(19,20)21)10-24(16)23-27(25,26)14-5-3-2-4-6-14/h2-10,23H,1H3. The van der Waals surface area contributed by atoms with E-state index in [1.807, 2.05) is 0 Å². The largest absolute Gasteiger partial charge is 0.434 e. The lowest BCUT2D eigenvalue weighted by molar-refractivity contribution is -0.140. The van der Waals surface area contributed by atoms with Gasteiger partial charge < -0.3 is 0 Å². The van der Waals surface area contributed by atoms with Gasteiger partial charge in [0.2, 0.25) is 0 Å². The second-order valence-corrected chi connectivity index (χ2v) is 7.84. The summed E-state index contributed by atoms with van der Waals surface area (Å²) in [5.41, 5.74) is -0.302. The molecule has 0 saturated carbocycles. The number of sulfonamides is 1. The molecule has 1 N–H and O–H groups in total. The molecule has 3 rings (SSSR count). The van der Waals surface area contributed by atoms with Gasteiger partial charge in [-0.15, -0.1) is 0 Å². The summed E-state index contributed by atoms with van der Waals surface area (Å²) in [6.45, 7) is 1.71. The number of imidazole rings is 1. The van der Waals surface area contributed by atoms with Gasteiger partial charge in [0.1, 0.15) is 0 Å². The van der Waals surface area contributed by atoms with Gasteiger partial charge in [0.15, 0.2) is 11.5 Å². The molecule has 5 nitrogen and oxygen atoms in total. The van der Waals surface area contributed by atoms with Crippen molar-refractivity contribution in [1.82, 2.24) is 9.66 Å². The van der Waals surface area contributed by atoms with Crippen molar-refractivity contribution in [2.45, 2.75) is 18.0 Å². The Kier molecular flexibility index (Phi) is 4.92. The van der Waals surface area contributed by atoms with E-state index in [0.29, 0.717) is 16.8 Å². The van der Waals surface area contributed by atoms with Crippen LogP contribution in [0.5, 0.6) is 0 Å². The first kappa shape index (κ1) is 19.2. The Bertz CT molecular complexity index is 1060. The van der Waals surface area contributed by atoms with Crippen molar-refractivity contribution in [1.29, 1.82) is 0 Å². The van der Waals surface area contributed by atoms with Crippen molar-refractivity contribution < 1.29 is 21.6 Å². The van der Waals surface area contributed by atoms with Crippen molar-refractivity contribution in [3.63, 3.8) is 0 Å². The predicted molar refractivity (Wildman–Crippen MR) is 95.4 cm³/mol. The summed E-state index contributed by atoms with van der Waals surface area (Å²) in [5, 5.41) is 0.291. The number of halogens is 4. The van der Waals surface area contributed by atoms with Crippen molar-refractivity contribution in [2.24, 2.45) is 0 Å². The monoisotopic (exact) mass is 415 g/mol. The number of nitrogens with one attached hydrogen (secondary N) is 1. The number of nitrogens with zero attached hydrogens (tertiary/aromatic N) is 2. The summed E-state index contributed by atoms with van der Waals surface area (Å²) < 4.78 is 65.2. The highest BCUT2D eigenvalue weighted by atomic mass is 35.5. The van der Waals surface area contributed by atoms with Crippen LogP contribution in [0.2, 0.25) is 5.02 Å². The minimum absolute atomic E-state index is 0.0968. The minimum atomic E-state index is -4.74. The van der Waals surface area contributed by atoms with Crippen LogP contribution in [0, 0.1) is 6.92 Å². The van der Waals surface area contributed by atoms with Crippen LogP contribution in [0.4, 0.5) is 13.2 Å². The zero-order chi connectivity index (χ0) is 19.8. The van der Waals surface area contributed by atoms with Gasteiger partial charge in [-0.1, -0.05) is 29.8 Å². The third kappa shape index (κ3) is 4.25. The van der Waals surface area contributed by atoms with Gasteiger partial charge in [-0.05, 0) is 42.8 Å². The second kappa shape index (κ2) is 6.90. The summed E-state index contributed by atoms with van der Waals surface area (Å²) in [7, 11) is -4.12. The molecule has 0 bridgehead atoms. The molecule has 10 heteroatoms. The Hall–Kier alpha value is -2.52. The summed E-state index contributed by atoms with van der Waals surface area (Å²) in [6, 6.07) is 11.9. The second-order valence-electron chi connectivity index (χ2n) is 5.74. The lowest BCUT2D eigenvalue weighted by Gasteiger charge is -2.12. The molecule has 0 amide bonds. The fourth-order valence-electron chi connectivity index (χ4n) is 2.44. The molecule has 0 spiro atoms. The van der Waals surface area contributed by atoms with E-state index in [-0.39, 0.29) is 16.3 Å². The Morgan fingerprint density at radius 2 is 1.78 bits per heavy atom. The molecule has 27 heavy (non-hydrogen) atoms. The lowest BCUT2D eigenvalue weighted by atomic mass is 10.1. The molecule has 1 aromatic heterocycles. The summed E-state index contributed by atoms with van der Waals surface area (Å²) in [4.78, 5) is 5.58. The minimum Gasteiger partial charge on any atom is -0.233 e. The summed E-state index contributed by atoms with van der Waals surface area (Å²) >= 11 is 5.98. The van der Waals surface area contributed by atoms with Crippen LogP contribution in [0.3, 0.4) is 0 Å². The van der Waals surface area contributed by atoms with Crippen LogP contribution in [-0.4, -0.2) is 18.1 Å². The molecular formula is C17H13ClF3N3O2S. The van der Waals surface area contributed by atoms with E-state index in [2.05, 4.69) is 9.82 Å². The van der Waals surface area contributed by atoms with Crippen LogP contribution in [0.15, 0.2) is 59.6 Å². The number of aryl methyl sites for hydroxylation is 1. The zero-order valence-electron chi connectivity index (χ0n) is 13.8. The van der Waals surface area contributed by atoms with Gasteiger partial charge in [-0.25, -0.2) is 14.5 Å². The van der Waals surface area contributed by atoms with Gasteiger partial charge in [-0.3, -0.25) is 0 Å². The first-order valence-electron chi connectivity index (χ1n) is 7.58. The molecule has 3 aromatic rings. The number of hydrogen-bond donors (Lipinski definition) is 1. The van der Waals surface area contributed by atoms with Gasteiger partial charge >= 0.3 is 6.18 Å². The van der Waals surface area contributed by atoms with Gasteiger partial charge in [0, 0.05) is 10.6 Å².